The Morgan fingerprint density at radius 1 is 1.40 bits per heavy atom. The van der Waals surface area contributed by atoms with Crippen molar-refractivity contribution in [2.45, 2.75) is 37.3 Å². The van der Waals surface area contributed by atoms with Crippen LogP contribution in [0.5, 0.6) is 0 Å². The van der Waals surface area contributed by atoms with E-state index >= 15 is 0 Å². The molecule has 1 aliphatic heterocycles. The van der Waals surface area contributed by atoms with Crippen molar-refractivity contribution < 1.29 is 15.0 Å². The fraction of sp³-hybridized carbons (Fsp3) is 0.900. The Balaban J connectivity index is 1.89. The standard InChI is InChI=1S/C10H18N2O3/c13-7-10(11-9(14)15)3-5-12(6-4-10)8-1-2-8/h8,11,13H,1-7H2,(H,14,15). The molecular weight excluding hydrogens is 196 g/mol. The number of aliphatic hydroxyl groups excluding tert-OH is 1. The van der Waals surface area contributed by atoms with E-state index < -0.39 is 11.6 Å². The van der Waals surface area contributed by atoms with Crippen LogP contribution in [0.1, 0.15) is 25.7 Å². The number of aliphatic hydroxyl groups is 1. The molecule has 5 nitrogen and oxygen atoms in total. The summed E-state index contributed by atoms with van der Waals surface area (Å²) in [5.41, 5.74) is -0.600. The van der Waals surface area contributed by atoms with E-state index in [4.69, 9.17) is 5.11 Å². The monoisotopic (exact) mass is 214 g/mol. The molecule has 0 aromatic heterocycles. The first kappa shape index (κ1) is 10.7. The lowest BCUT2D eigenvalue weighted by Gasteiger charge is -2.40. The van der Waals surface area contributed by atoms with E-state index in [-0.39, 0.29) is 6.61 Å². The Morgan fingerprint density at radius 3 is 2.40 bits per heavy atom. The summed E-state index contributed by atoms with van der Waals surface area (Å²) in [6.45, 7) is 1.69. The second-order valence-electron chi connectivity index (χ2n) is 4.64. The van der Waals surface area contributed by atoms with Crippen LogP contribution in [0, 0.1) is 0 Å². The van der Waals surface area contributed by atoms with Crippen molar-refractivity contribution in [3.05, 3.63) is 0 Å². The van der Waals surface area contributed by atoms with E-state index in [1.54, 1.807) is 0 Å². The van der Waals surface area contributed by atoms with Crippen molar-refractivity contribution in [1.82, 2.24) is 10.2 Å². The molecule has 0 unspecified atom stereocenters. The molecular formula is C10H18N2O3. The maximum atomic E-state index is 10.6. The Labute approximate surface area is 89.1 Å². The Hall–Kier alpha value is -0.810. The lowest BCUT2D eigenvalue weighted by Crippen LogP contribution is -2.57. The third kappa shape index (κ3) is 2.41. The fourth-order valence-corrected chi connectivity index (χ4v) is 2.31. The van der Waals surface area contributed by atoms with Gasteiger partial charge < -0.3 is 20.4 Å². The highest BCUT2D eigenvalue weighted by Crippen LogP contribution is 2.32. The topological polar surface area (TPSA) is 72.8 Å². The van der Waals surface area contributed by atoms with Crippen molar-refractivity contribution in [2.75, 3.05) is 19.7 Å². The predicted octanol–water partition coefficient (Wildman–Crippen LogP) is 0.243. The van der Waals surface area contributed by atoms with E-state index in [0.717, 1.165) is 19.1 Å². The van der Waals surface area contributed by atoms with Crippen molar-refractivity contribution in [3.8, 4) is 0 Å². The zero-order valence-corrected chi connectivity index (χ0v) is 8.78. The summed E-state index contributed by atoms with van der Waals surface area (Å²) in [6.07, 6.45) is 2.94. The molecule has 1 amide bonds. The molecule has 2 rings (SSSR count). The number of likely N-dealkylation sites (tertiary alicyclic amines) is 1. The molecule has 0 spiro atoms. The van der Waals surface area contributed by atoms with Gasteiger partial charge in [-0.3, -0.25) is 0 Å². The molecule has 0 bridgehead atoms. The van der Waals surface area contributed by atoms with E-state index in [9.17, 15) is 9.90 Å². The van der Waals surface area contributed by atoms with Crippen LogP contribution in [-0.2, 0) is 0 Å². The summed E-state index contributed by atoms with van der Waals surface area (Å²) >= 11 is 0. The third-order valence-electron chi connectivity index (χ3n) is 3.49. The molecule has 15 heavy (non-hydrogen) atoms. The van der Waals surface area contributed by atoms with Gasteiger partial charge in [-0.2, -0.15) is 0 Å². The minimum Gasteiger partial charge on any atom is -0.465 e. The summed E-state index contributed by atoms with van der Waals surface area (Å²) < 4.78 is 0. The van der Waals surface area contributed by atoms with Crippen LogP contribution in [-0.4, -0.2) is 52.5 Å². The van der Waals surface area contributed by atoms with Gasteiger partial charge in [0.2, 0.25) is 0 Å². The number of hydrogen-bond acceptors (Lipinski definition) is 3. The summed E-state index contributed by atoms with van der Waals surface area (Å²) in [5.74, 6) is 0. The second kappa shape index (κ2) is 3.98. The minimum atomic E-state index is -1.04. The van der Waals surface area contributed by atoms with E-state index in [2.05, 4.69) is 10.2 Å². The highest BCUT2D eigenvalue weighted by Gasteiger charge is 2.39. The second-order valence-corrected chi connectivity index (χ2v) is 4.64. The summed E-state index contributed by atoms with van der Waals surface area (Å²) in [6, 6.07) is 0.728. The molecule has 5 heteroatoms. The molecule has 86 valence electrons. The van der Waals surface area contributed by atoms with E-state index in [0.29, 0.717) is 12.8 Å². The number of hydrogen-bond donors (Lipinski definition) is 3. The normalized spacial score (nSPS) is 26.2. The summed E-state index contributed by atoms with van der Waals surface area (Å²) in [7, 11) is 0. The van der Waals surface area contributed by atoms with Gasteiger partial charge in [0, 0.05) is 19.1 Å². The number of piperidine rings is 1. The molecule has 1 saturated heterocycles. The van der Waals surface area contributed by atoms with Crippen LogP contribution >= 0.6 is 0 Å². The molecule has 3 N–H and O–H groups in total. The van der Waals surface area contributed by atoms with Crippen molar-refractivity contribution in [1.29, 1.82) is 0 Å². The lowest BCUT2D eigenvalue weighted by atomic mass is 9.88. The highest BCUT2D eigenvalue weighted by molar-refractivity contribution is 5.65. The molecule has 1 saturated carbocycles. The summed E-state index contributed by atoms with van der Waals surface area (Å²) in [5, 5.41) is 20.5. The van der Waals surface area contributed by atoms with Gasteiger partial charge in [0.1, 0.15) is 0 Å². The van der Waals surface area contributed by atoms with Gasteiger partial charge in [-0.05, 0) is 25.7 Å². The van der Waals surface area contributed by atoms with Crippen LogP contribution < -0.4 is 5.32 Å². The zero-order chi connectivity index (χ0) is 10.9. The number of nitrogens with zero attached hydrogens (tertiary/aromatic N) is 1. The van der Waals surface area contributed by atoms with Gasteiger partial charge in [-0.15, -0.1) is 0 Å². The number of nitrogens with one attached hydrogen (secondary N) is 1. The van der Waals surface area contributed by atoms with Crippen LogP contribution in [0.4, 0.5) is 4.79 Å². The quantitative estimate of drug-likeness (QED) is 0.629. The van der Waals surface area contributed by atoms with Gasteiger partial charge in [0.25, 0.3) is 0 Å². The van der Waals surface area contributed by atoms with Crippen LogP contribution in [0.25, 0.3) is 0 Å². The highest BCUT2D eigenvalue weighted by atomic mass is 16.4. The van der Waals surface area contributed by atoms with Crippen LogP contribution in [0.15, 0.2) is 0 Å². The number of carbonyl (C=O) groups is 1. The average Bonchev–Trinajstić information content (AvgIpc) is 3.01. The Morgan fingerprint density at radius 2 is 2.00 bits per heavy atom. The number of amides is 1. The largest absolute Gasteiger partial charge is 0.465 e. The van der Waals surface area contributed by atoms with Gasteiger partial charge in [-0.1, -0.05) is 0 Å². The zero-order valence-electron chi connectivity index (χ0n) is 8.78. The van der Waals surface area contributed by atoms with Gasteiger partial charge in [-0.25, -0.2) is 4.79 Å². The Kier molecular flexibility index (Phi) is 2.84. The smallest absolute Gasteiger partial charge is 0.405 e. The van der Waals surface area contributed by atoms with Crippen LogP contribution in [0.3, 0.4) is 0 Å². The fourth-order valence-electron chi connectivity index (χ4n) is 2.31. The maximum absolute atomic E-state index is 10.6. The van der Waals surface area contributed by atoms with Gasteiger partial charge in [0.05, 0.1) is 12.1 Å². The van der Waals surface area contributed by atoms with E-state index in [1.165, 1.54) is 12.8 Å². The average molecular weight is 214 g/mol. The van der Waals surface area contributed by atoms with E-state index in [1.807, 2.05) is 0 Å². The molecule has 1 heterocycles. The molecule has 2 aliphatic rings. The molecule has 0 aromatic carbocycles. The predicted molar refractivity (Wildman–Crippen MR) is 54.8 cm³/mol. The first-order chi connectivity index (χ1) is 7.15. The van der Waals surface area contributed by atoms with Crippen LogP contribution in [0.2, 0.25) is 0 Å². The molecule has 0 radical (unpaired) electrons. The van der Waals surface area contributed by atoms with Crippen molar-refractivity contribution in [2.24, 2.45) is 0 Å². The van der Waals surface area contributed by atoms with Gasteiger partial charge in [0.15, 0.2) is 0 Å². The van der Waals surface area contributed by atoms with Gasteiger partial charge >= 0.3 is 6.09 Å². The number of rotatable bonds is 3. The SMILES string of the molecule is O=C(O)NC1(CO)CCN(C2CC2)CC1. The van der Waals surface area contributed by atoms with Crippen molar-refractivity contribution in [3.63, 3.8) is 0 Å². The third-order valence-corrected chi connectivity index (χ3v) is 3.49. The molecule has 1 aliphatic carbocycles. The minimum absolute atomic E-state index is 0.0994. The maximum Gasteiger partial charge on any atom is 0.405 e. The van der Waals surface area contributed by atoms with Crippen molar-refractivity contribution >= 4 is 6.09 Å². The first-order valence-corrected chi connectivity index (χ1v) is 5.51. The summed E-state index contributed by atoms with van der Waals surface area (Å²) in [4.78, 5) is 13.0. The Bertz CT molecular complexity index is 245. The molecule has 2 fully saturated rings. The lowest BCUT2D eigenvalue weighted by molar-refractivity contribution is 0.0731. The first-order valence-electron chi connectivity index (χ1n) is 5.51. The molecule has 0 atom stereocenters. The number of carboxylic acid groups (broad SMARTS) is 1. The molecule has 0 aromatic rings.